The molecule has 3 heteroatoms. The van der Waals surface area contributed by atoms with Crippen molar-refractivity contribution < 1.29 is 0 Å². The number of hydrogen-bond acceptors (Lipinski definition) is 2. The van der Waals surface area contributed by atoms with E-state index in [1.807, 2.05) is 37.0 Å². The van der Waals surface area contributed by atoms with Crippen LogP contribution in [0, 0.1) is 0 Å². The van der Waals surface area contributed by atoms with Gasteiger partial charge in [-0.05, 0) is 0 Å². The van der Waals surface area contributed by atoms with Crippen LogP contribution in [-0.2, 0) is 0 Å². The predicted molar refractivity (Wildman–Crippen MR) is 36.2 cm³/mol. The number of rotatable bonds is 0. The third kappa shape index (κ3) is 3.52. The normalized spacial score (nSPS) is 6.25. The second-order valence-corrected chi connectivity index (χ2v) is 1.15. The van der Waals surface area contributed by atoms with E-state index >= 15 is 0 Å². The molecule has 1 aromatic rings. The van der Waals surface area contributed by atoms with Gasteiger partial charge in [-0.25, -0.2) is 0 Å². The van der Waals surface area contributed by atoms with E-state index in [1.54, 1.807) is 0 Å². The summed E-state index contributed by atoms with van der Waals surface area (Å²) in [5, 5.41) is 0. The van der Waals surface area contributed by atoms with Crippen molar-refractivity contribution in [2.24, 2.45) is 11.7 Å². The van der Waals surface area contributed by atoms with Gasteiger partial charge in [0.25, 0.3) is 0 Å². The fraction of sp³-hybridized carbons (Fsp3) is 0. The maximum atomic E-state index is 4.00. The summed E-state index contributed by atoms with van der Waals surface area (Å²) in [4.78, 5) is 0. The average Bonchev–Trinajstić information content (AvgIpc) is 1.96. The third-order valence-electron chi connectivity index (χ3n) is 0.667. The van der Waals surface area contributed by atoms with Gasteiger partial charge in [-0.15, -0.1) is 0 Å². The van der Waals surface area contributed by atoms with Crippen LogP contribution in [0.2, 0.25) is 0 Å². The minimum absolute atomic E-state index is 2.00. The molecule has 1 aromatic heterocycles. The molecular formula is C5H9BN2. The van der Waals surface area contributed by atoms with E-state index in [0.717, 1.165) is 0 Å². The minimum atomic E-state index is 2.00. The Morgan fingerprint density at radius 3 is 1.50 bits per heavy atom. The van der Waals surface area contributed by atoms with E-state index in [0.29, 0.717) is 0 Å². The molecule has 0 radical (unpaired) electrons. The van der Waals surface area contributed by atoms with Crippen molar-refractivity contribution in [1.82, 2.24) is 0 Å². The fourth-order valence-corrected chi connectivity index (χ4v) is 0.385. The van der Waals surface area contributed by atoms with Gasteiger partial charge in [-0.3, -0.25) is 11.7 Å². The van der Waals surface area contributed by atoms with E-state index in [4.69, 9.17) is 0 Å². The van der Waals surface area contributed by atoms with Crippen molar-refractivity contribution in [3.05, 3.63) is 30.1 Å². The van der Waals surface area contributed by atoms with E-state index in [1.165, 1.54) is 0 Å². The van der Waals surface area contributed by atoms with Crippen LogP contribution in [0.4, 0.5) is 0 Å². The van der Waals surface area contributed by atoms with Crippen LogP contribution < -0.4 is 11.7 Å². The van der Waals surface area contributed by atoms with Crippen LogP contribution in [0.15, 0.2) is 30.1 Å². The Balaban J connectivity index is 0.000000222. The first-order valence-corrected chi connectivity index (χ1v) is 2.33. The Bertz CT molecular complexity index is 82.4. The molecule has 0 saturated heterocycles. The van der Waals surface area contributed by atoms with Gasteiger partial charge in [0.2, 0.25) is 0 Å². The standard InChI is InChI=1S/C5H5B.H4N2/c1-2-4-6-5-3-1;1-2/h1-5H;1-2H2. The van der Waals surface area contributed by atoms with Gasteiger partial charge in [-0.2, -0.15) is 0 Å². The second-order valence-electron chi connectivity index (χ2n) is 1.15. The molecule has 0 bridgehead atoms. The monoisotopic (exact) mass is 108 g/mol. The number of hydrazine groups is 1. The van der Waals surface area contributed by atoms with E-state index < -0.39 is 0 Å². The summed E-state index contributed by atoms with van der Waals surface area (Å²) in [6.07, 6.45) is 0. The zero-order valence-electron chi connectivity index (χ0n) is 4.62. The SMILES string of the molecule is NN.b1ccccc1. The molecule has 0 saturated carbocycles. The molecule has 1 heterocycles. The van der Waals surface area contributed by atoms with Gasteiger partial charge in [-0.1, -0.05) is 0 Å². The first-order valence-electron chi connectivity index (χ1n) is 2.33. The molecule has 0 amide bonds. The Kier molecular flexibility index (Phi) is 5.81. The first-order chi connectivity index (χ1) is 4.00. The van der Waals surface area contributed by atoms with Crippen LogP contribution in [-0.4, -0.2) is 6.91 Å². The van der Waals surface area contributed by atoms with Gasteiger partial charge in [0, 0.05) is 0 Å². The Hall–Kier alpha value is -0.665. The van der Waals surface area contributed by atoms with Crippen LogP contribution in [0.25, 0.3) is 0 Å². The van der Waals surface area contributed by atoms with E-state index in [-0.39, 0.29) is 0 Å². The summed E-state index contributed by atoms with van der Waals surface area (Å²) in [6.45, 7) is 2.00. The first kappa shape index (κ1) is 7.33. The van der Waals surface area contributed by atoms with Crippen LogP contribution >= 0.6 is 0 Å². The van der Waals surface area contributed by atoms with E-state index in [9.17, 15) is 0 Å². The molecule has 1 rings (SSSR count). The molecule has 2 nitrogen and oxygen atoms in total. The zero-order chi connectivity index (χ0) is 6.24. The summed E-state index contributed by atoms with van der Waals surface area (Å²) in [6, 6.07) is 6.00. The quantitative estimate of drug-likeness (QED) is 0.358. The summed E-state index contributed by atoms with van der Waals surface area (Å²) >= 11 is 0. The predicted octanol–water partition coefficient (Wildman–Crippen LogP) is -0.157. The van der Waals surface area contributed by atoms with Gasteiger partial charge in [0.15, 0.2) is 0 Å². The molecule has 0 unspecified atom stereocenters. The van der Waals surface area contributed by atoms with Crippen LogP contribution in [0.3, 0.4) is 0 Å². The molecule has 42 valence electrons. The van der Waals surface area contributed by atoms with Crippen molar-refractivity contribution >= 4 is 6.91 Å². The fourth-order valence-electron chi connectivity index (χ4n) is 0.385. The van der Waals surface area contributed by atoms with Gasteiger partial charge >= 0.3 is 37.0 Å². The number of nitrogens with two attached hydrogens (primary N) is 2. The van der Waals surface area contributed by atoms with Crippen molar-refractivity contribution in [2.45, 2.75) is 0 Å². The average molecular weight is 108 g/mol. The molecule has 0 aliphatic rings. The third-order valence-corrected chi connectivity index (χ3v) is 0.667. The zero-order valence-corrected chi connectivity index (χ0v) is 4.62. The molecular weight excluding hydrogens is 98.9 g/mol. The molecule has 0 aliphatic heterocycles. The van der Waals surface area contributed by atoms with Gasteiger partial charge in [0.1, 0.15) is 0 Å². The van der Waals surface area contributed by atoms with Gasteiger partial charge in [0.05, 0.1) is 0 Å². The van der Waals surface area contributed by atoms with Crippen LogP contribution in [0.1, 0.15) is 0 Å². The molecule has 0 aliphatic carbocycles. The Morgan fingerprint density at radius 2 is 1.38 bits per heavy atom. The van der Waals surface area contributed by atoms with Crippen molar-refractivity contribution in [3.8, 4) is 0 Å². The second kappa shape index (κ2) is 6.33. The molecule has 0 aromatic carbocycles. The van der Waals surface area contributed by atoms with Crippen molar-refractivity contribution in [1.29, 1.82) is 0 Å². The summed E-state index contributed by atoms with van der Waals surface area (Å²) in [5.41, 5.74) is 0. The topological polar surface area (TPSA) is 52.0 Å². The summed E-state index contributed by atoms with van der Waals surface area (Å²) in [7, 11) is 0. The summed E-state index contributed by atoms with van der Waals surface area (Å²) in [5.74, 6) is 12.0. The molecule has 8 heavy (non-hydrogen) atoms. The van der Waals surface area contributed by atoms with E-state index in [2.05, 4.69) is 11.7 Å². The van der Waals surface area contributed by atoms with Gasteiger partial charge < -0.3 is 0 Å². The van der Waals surface area contributed by atoms with Crippen LogP contribution in [0.5, 0.6) is 0 Å². The van der Waals surface area contributed by atoms with Crippen molar-refractivity contribution in [2.75, 3.05) is 0 Å². The summed E-state index contributed by atoms with van der Waals surface area (Å²) < 4.78 is 0. The molecule has 4 N–H and O–H groups in total. The molecule has 0 fully saturated rings. The Labute approximate surface area is 49.7 Å². The van der Waals surface area contributed by atoms with Crippen molar-refractivity contribution in [3.63, 3.8) is 0 Å². The molecule has 0 spiro atoms. The molecule has 0 atom stereocenters. The maximum absolute atomic E-state index is 4.00. The Morgan fingerprint density at radius 1 is 0.875 bits per heavy atom. The number of hydrogen-bond donors (Lipinski definition) is 2.